The normalized spacial score (nSPS) is 11.5. The van der Waals surface area contributed by atoms with Crippen molar-refractivity contribution in [2.75, 3.05) is 6.54 Å². The molecule has 2 aromatic heterocycles. The summed E-state index contributed by atoms with van der Waals surface area (Å²) < 4.78 is 29.5. The Morgan fingerprint density at radius 3 is 2.55 bits per heavy atom. The molecule has 2 N–H and O–H groups in total. The number of aromatic nitrogens is 2. The van der Waals surface area contributed by atoms with Crippen molar-refractivity contribution in [3.63, 3.8) is 0 Å². The highest BCUT2D eigenvalue weighted by Gasteiger charge is 2.14. The van der Waals surface area contributed by atoms with Crippen LogP contribution in [0.1, 0.15) is 23.2 Å². The van der Waals surface area contributed by atoms with Crippen LogP contribution >= 0.6 is 11.6 Å². The van der Waals surface area contributed by atoms with Crippen LogP contribution in [0, 0.1) is 0 Å². The fourth-order valence-corrected chi connectivity index (χ4v) is 4.39. The van der Waals surface area contributed by atoms with Crippen LogP contribution in [-0.2, 0) is 40.6 Å². The number of carboxylic acid groups (broad SMARTS) is 1. The van der Waals surface area contributed by atoms with Gasteiger partial charge in [0.2, 0.25) is 10.0 Å². The van der Waals surface area contributed by atoms with Crippen LogP contribution in [0.4, 0.5) is 0 Å². The molecule has 0 atom stereocenters. The minimum atomic E-state index is -3.64. The number of halogens is 1. The highest BCUT2D eigenvalue weighted by atomic mass is 35.5. The number of rotatable bonds is 11. The van der Waals surface area contributed by atoms with Crippen molar-refractivity contribution in [1.82, 2.24) is 14.3 Å². The van der Waals surface area contributed by atoms with Crippen molar-refractivity contribution in [2.45, 2.75) is 37.1 Å². The zero-order valence-corrected chi connectivity index (χ0v) is 18.4. The van der Waals surface area contributed by atoms with E-state index in [1.165, 1.54) is 24.3 Å². The molecule has 0 radical (unpaired) electrons. The molecule has 164 valence electrons. The number of hydrogen-bond donors (Lipinski definition) is 2. The maximum absolute atomic E-state index is 12.5. The summed E-state index contributed by atoms with van der Waals surface area (Å²) in [7, 11) is -3.64. The Hall–Kier alpha value is -2.68. The molecule has 0 aliphatic heterocycles. The van der Waals surface area contributed by atoms with E-state index in [-0.39, 0.29) is 17.9 Å². The second-order valence-electron chi connectivity index (χ2n) is 7.14. The second-order valence-corrected chi connectivity index (χ2v) is 9.34. The molecular formula is C22H24ClN3O4S. The van der Waals surface area contributed by atoms with E-state index in [9.17, 15) is 13.2 Å². The van der Waals surface area contributed by atoms with Gasteiger partial charge in [-0.3, -0.25) is 9.78 Å². The van der Waals surface area contributed by atoms with Crippen LogP contribution in [0.25, 0.3) is 0 Å². The number of carbonyl (C=O) groups is 1. The van der Waals surface area contributed by atoms with Crippen LogP contribution in [0.5, 0.6) is 0 Å². The number of hydrogen-bond acceptors (Lipinski definition) is 4. The fourth-order valence-electron chi connectivity index (χ4n) is 3.25. The van der Waals surface area contributed by atoms with Crippen molar-refractivity contribution < 1.29 is 18.3 Å². The van der Waals surface area contributed by atoms with E-state index in [1.807, 2.05) is 35.2 Å². The van der Waals surface area contributed by atoms with Gasteiger partial charge in [0.05, 0.1) is 4.90 Å². The first-order chi connectivity index (χ1) is 14.8. The number of nitrogens with zero attached hydrogens (tertiary/aromatic N) is 2. The molecule has 0 aliphatic rings. The molecule has 0 bridgehead atoms. The highest BCUT2D eigenvalue weighted by molar-refractivity contribution is 7.89. The molecule has 0 spiro atoms. The number of carboxylic acids is 1. The van der Waals surface area contributed by atoms with Gasteiger partial charge in [0, 0.05) is 48.8 Å². The van der Waals surface area contributed by atoms with Crippen molar-refractivity contribution >= 4 is 27.6 Å². The topological polar surface area (TPSA) is 101 Å². The summed E-state index contributed by atoms with van der Waals surface area (Å²) in [5.41, 5.74) is 3.05. The first-order valence-electron chi connectivity index (χ1n) is 9.87. The third-order valence-electron chi connectivity index (χ3n) is 4.83. The molecule has 3 rings (SSSR count). The summed E-state index contributed by atoms with van der Waals surface area (Å²) in [5, 5.41) is 9.43. The van der Waals surface area contributed by atoms with Crippen LogP contribution in [0.15, 0.2) is 66.0 Å². The van der Waals surface area contributed by atoms with E-state index in [0.717, 1.165) is 29.7 Å². The summed E-state index contributed by atoms with van der Waals surface area (Å²) in [4.78, 5) is 15.2. The average Bonchev–Trinajstić information content (AvgIpc) is 3.13. The summed E-state index contributed by atoms with van der Waals surface area (Å²) in [6.45, 7) is 0.639. The lowest BCUT2D eigenvalue weighted by atomic mass is 10.1. The van der Waals surface area contributed by atoms with Gasteiger partial charge in [0.1, 0.15) is 0 Å². The molecule has 1 aromatic carbocycles. The fraction of sp³-hybridized carbons (Fsp3) is 0.273. The molecule has 3 aromatic rings. The lowest BCUT2D eigenvalue weighted by Gasteiger charge is -2.11. The largest absolute Gasteiger partial charge is 0.481 e. The molecule has 0 saturated heterocycles. The Kier molecular flexibility index (Phi) is 7.84. The summed E-state index contributed by atoms with van der Waals surface area (Å²) in [6, 6.07) is 11.9. The second kappa shape index (κ2) is 10.6. The molecule has 0 amide bonds. The number of sulfonamides is 1. The average molecular weight is 462 g/mol. The van der Waals surface area contributed by atoms with Crippen LogP contribution in [0.2, 0.25) is 5.02 Å². The van der Waals surface area contributed by atoms with Crippen molar-refractivity contribution in [3.8, 4) is 0 Å². The number of aryl methyl sites for hydroxylation is 3. The van der Waals surface area contributed by atoms with Crippen molar-refractivity contribution in [3.05, 3.63) is 82.9 Å². The molecule has 31 heavy (non-hydrogen) atoms. The molecule has 7 nitrogen and oxygen atoms in total. The minimum absolute atomic E-state index is 0.0508. The van der Waals surface area contributed by atoms with E-state index in [0.29, 0.717) is 18.0 Å². The van der Waals surface area contributed by atoms with E-state index >= 15 is 0 Å². The number of nitrogens with one attached hydrogen (secondary N) is 1. The van der Waals surface area contributed by atoms with Crippen molar-refractivity contribution in [1.29, 1.82) is 0 Å². The Bertz CT molecular complexity index is 1110. The van der Waals surface area contributed by atoms with Gasteiger partial charge < -0.3 is 9.67 Å². The standard InChI is InChI=1S/C22H24ClN3O4S/c23-19-5-8-21(9-6-19)31(29,30)25-12-13-26-16-18(4-10-22(27)28)14-20(26)7-3-17-2-1-11-24-15-17/h1-2,5-6,8-9,11,14-16,25H,3-4,7,10,12-13H2,(H,27,28). The third kappa shape index (κ3) is 6.92. The number of benzene rings is 1. The van der Waals surface area contributed by atoms with Crippen molar-refractivity contribution in [2.24, 2.45) is 0 Å². The predicted molar refractivity (Wildman–Crippen MR) is 119 cm³/mol. The highest BCUT2D eigenvalue weighted by Crippen LogP contribution is 2.16. The van der Waals surface area contributed by atoms with Gasteiger partial charge in [-0.25, -0.2) is 13.1 Å². The Balaban J connectivity index is 1.67. The summed E-state index contributed by atoms with van der Waals surface area (Å²) in [6.07, 6.45) is 7.45. The van der Waals surface area contributed by atoms with Gasteiger partial charge in [-0.1, -0.05) is 17.7 Å². The SMILES string of the molecule is O=C(O)CCc1cc(CCc2cccnc2)n(CCNS(=O)(=O)c2ccc(Cl)cc2)c1. The number of pyridine rings is 1. The van der Waals surface area contributed by atoms with Crippen LogP contribution in [-0.4, -0.2) is 35.6 Å². The van der Waals surface area contributed by atoms with E-state index in [2.05, 4.69) is 9.71 Å². The quantitative estimate of drug-likeness (QED) is 0.456. The zero-order valence-electron chi connectivity index (χ0n) is 16.9. The molecule has 0 aliphatic carbocycles. The first-order valence-corrected chi connectivity index (χ1v) is 11.7. The number of aliphatic carboxylic acids is 1. The van der Waals surface area contributed by atoms with E-state index in [4.69, 9.17) is 16.7 Å². The maximum Gasteiger partial charge on any atom is 0.303 e. The van der Waals surface area contributed by atoms with Crippen LogP contribution < -0.4 is 4.72 Å². The van der Waals surface area contributed by atoms with Gasteiger partial charge in [-0.2, -0.15) is 0 Å². The third-order valence-corrected chi connectivity index (χ3v) is 6.56. The molecule has 0 fully saturated rings. The Morgan fingerprint density at radius 2 is 1.87 bits per heavy atom. The predicted octanol–water partition coefficient (Wildman–Crippen LogP) is 3.32. The lowest BCUT2D eigenvalue weighted by molar-refractivity contribution is -0.136. The first kappa shape index (κ1) is 23.0. The Labute approximate surface area is 186 Å². The van der Waals surface area contributed by atoms with Gasteiger partial charge in [0.25, 0.3) is 0 Å². The molecule has 2 heterocycles. The smallest absolute Gasteiger partial charge is 0.303 e. The maximum atomic E-state index is 12.5. The molecule has 0 unspecified atom stereocenters. The summed E-state index contributed by atoms with van der Waals surface area (Å²) in [5.74, 6) is -0.847. The van der Waals surface area contributed by atoms with Gasteiger partial charge in [-0.15, -0.1) is 0 Å². The minimum Gasteiger partial charge on any atom is -0.481 e. The molecular weight excluding hydrogens is 438 g/mol. The lowest BCUT2D eigenvalue weighted by Crippen LogP contribution is -2.27. The van der Waals surface area contributed by atoms with E-state index in [1.54, 1.807) is 6.20 Å². The van der Waals surface area contributed by atoms with Gasteiger partial charge in [-0.05, 0) is 66.8 Å². The Morgan fingerprint density at radius 1 is 1.10 bits per heavy atom. The van der Waals surface area contributed by atoms with Gasteiger partial charge in [0.15, 0.2) is 0 Å². The molecule has 0 saturated carbocycles. The molecule has 9 heteroatoms. The summed E-state index contributed by atoms with van der Waals surface area (Å²) >= 11 is 5.83. The van der Waals surface area contributed by atoms with Gasteiger partial charge >= 0.3 is 5.97 Å². The van der Waals surface area contributed by atoms with Crippen LogP contribution in [0.3, 0.4) is 0 Å². The monoisotopic (exact) mass is 461 g/mol. The van der Waals surface area contributed by atoms with E-state index < -0.39 is 16.0 Å². The zero-order chi connectivity index (χ0) is 22.3.